The molecule has 0 radical (unpaired) electrons. The first kappa shape index (κ1) is 45.3. The van der Waals surface area contributed by atoms with E-state index in [1.165, 1.54) is 31.2 Å². The summed E-state index contributed by atoms with van der Waals surface area (Å²) < 4.78 is 124. The monoisotopic (exact) mass is 996 g/mol. The van der Waals surface area contributed by atoms with Gasteiger partial charge in [-0.2, -0.15) is 10.2 Å². The number of hydrogen-bond donors (Lipinski definition) is 2. The first-order valence-electron chi connectivity index (χ1n) is 22.3. The Morgan fingerprint density at radius 3 is 1.62 bits per heavy atom. The van der Waals surface area contributed by atoms with E-state index in [0.29, 0.717) is 57.9 Å². The molecule has 10 aromatic rings. The molecule has 71 heavy (non-hydrogen) atoms. The lowest BCUT2D eigenvalue weighted by Crippen LogP contribution is -2.20. The molecule has 2 N–H and O–H groups in total. The number of anilines is 2. The summed E-state index contributed by atoms with van der Waals surface area (Å²) in [5.41, 5.74) is 7.99. The number of sulfonamides is 2. The third kappa shape index (κ3) is 9.02. The van der Waals surface area contributed by atoms with Crippen LogP contribution in [0.5, 0.6) is 0 Å². The summed E-state index contributed by atoms with van der Waals surface area (Å²) in [6, 6.07) is 23.6. The predicted molar refractivity (Wildman–Crippen MR) is 263 cm³/mol. The summed E-state index contributed by atoms with van der Waals surface area (Å²) in [6.45, 7) is 1.81. The molecule has 0 spiro atoms. The van der Waals surface area contributed by atoms with Crippen LogP contribution in [0.2, 0.25) is 0 Å². The van der Waals surface area contributed by atoms with E-state index in [9.17, 15) is 30.0 Å². The van der Waals surface area contributed by atoms with Crippen molar-refractivity contribution in [2.45, 2.75) is 25.1 Å². The Bertz CT molecular complexity index is 3980. The molecule has 2 unspecified atom stereocenters. The van der Waals surface area contributed by atoms with Gasteiger partial charge in [-0.1, -0.05) is 0 Å². The van der Waals surface area contributed by atoms with Gasteiger partial charge in [-0.3, -0.25) is 27.6 Å². The molecule has 1 saturated carbocycles. The van der Waals surface area contributed by atoms with Crippen molar-refractivity contribution in [2.75, 3.05) is 15.2 Å². The average molecular weight is 997 g/mol. The molecule has 0 bridgehead atoms. The van der Waals surface area contributed by atoms with Gasteiger partial charge in [0.25, 0.3) is 0 Å². The maximum atomic E-state index is 15.3. The summed E-state index contributed by atoms with van der Waals surface area (Å²) in [7, 11) is -5.84. The molecule has 0 aliphatic heterocycles. The second kappa shape index (κ2) is 17.4. The fourth-order valence-electron chi connectivity index (χ4n) is 8.88. The molecule has 0 saturated heterocycles. The number of benzene rings is 4. The minimum absolute atomic E-state index is 0.0851. The van der Waals surface area contributed by atoms with Crippen molar-refractivity contribution in [2.24, 2.45) is 13.0 Å². The Balaban J connectivity index is 0.825. The molecule has 20 heteroatoms. The van der Waals surface area contributed by atoms with Gasteiger partial charge in [0.1, 0.15) is 34.6 Å². The lowest BCUT2D eigenvalue weighted by molar-refractivity contribution is 0.554. The van der Waals surface area contributed by atoms with E-state index in [-0.39, 0.29) is 34.2 Å². The van der Waals surface area contributed by atoms with Crippen LogP contribution < -0.4 is 9.44 Å². The zero-order valence-electron chi connectivity index (χ0n) is 37.7. The van der Waals surface area contributed by atoms with Crippen molar-refractivity contribution < 1.29 is 34.4 Å². The van der Waals surface area contributed by atoms with E-state index in [2.05, 4.69) is 29.6 Å². The maximum Gasteiger partial charge on any atom is 0.235 e. The van der Waals surface area contributed by atoms with Gasteiger partial charge in [0.2, 0.25) is 20.0 Å². The number of rotatable bonds is 14. The van der Waals surface area contributed by atoms with Crippen LogP contribution in [-0.4, -0.2) is 66.2 Å². The van der Waals surface area contributed by atoms with Crippen molar-refractivity contribution in [1.29, 1.82) is 0 Å². The summed E-state index contributed by atoms with van der Waals surface area (Å²) in [5, 5.41) is 8.05. The number of hydrogen-bond acceptors (Lipinski definition) is 8. The number of halogens is 4. The van der Waals surface area contributed by atoms with E-state index >= 15 is 4.39 Å². The zero-order chi connectivity index (χ0) is 49.3. The summed E-state index contributed by atoms with van der Waals surface area (Å²) in [4.78, 5) is 9.22. The molecular weight excluding hydrogens is 957 g/mol. The fourth-order valence-corrected chi connectivity index (χ4v) is 11.2. The van der Waals surface area contributed by atoms with E-state index in [1.807, 2.05) is 54.3 Å². The van der Waals surface area contributed by atoms with Crippen molar-refractivity contribution >= 4 is 42.7 Å². The van der Waals surface area contributed by atoms with E-state index in [4.69, 9.17) is 0 Å². The number of pyridine rings is 2. The minimum Gasteiger partial charge on any atom is -0.300 e. The highest BCUT2D eigenvalue weighted by atomic mass is 32.2. The number of aromatic nitrogens is 8. The van der Waals surface area contributed by atoms with Gasteiger partial charge in [0.05, 0.1) is 47.2 Å². The molecule has 1 fully saturated rings. The van der Waals surface area contributed by atoms with Crippen LogP contribution >= 0.6 is 0 Å². The van der Waals surface area contributed by atoms with Gasteiger partial charge in [-0.05, 0) is 126 Å². The highest BCUT2D eigenvalue weighted by molar-refractivity contribution is 7.93. The largest absolute Gasteiger partial charge is 0.300 e. The maximum absolute atomic E-state index is 15.3. The third-order valence-corrected chi connectivity index (χ3v) is 15.8. The molecule has 1 aliphatic carbocycles. The second-order valence-corrected chi connectivity index (χ2v) is 21.4. The van der Waals surface area contributed by atoms with Gasteiger partial charge in [-0.15, -0.1) is 0 Å². The summed E-state index contributed by atoms with van der Waals surface area (Å²) >= 11 is 0. The fraction of sp³-hybridized carbons (Fsp3) is 0.137. The molecule has 1 aliphatic rings. The highest BCUT2D eigenvalue weighted by Crippen LogP contribution is 2.41. The lowest BCUT2D eigenvalue weighted by atomic mass is 10.00. The zero-order valence-corrected chi connectivity index (χ0v) is 39.3. The normalized spacial score (nSPS) is 14.9. The summed E-state index contributed by atoms with van der Waals surface area (Å²) in [6.07, 6.45) is 14.4. The Labute approximate surface area is 404 Å². The third-order valence-electron chi connectivity index (χ3n) is 12.6. The van der Waals surface area contributed by atoms with Crippen LogP contribution in [0.15, 0.2) is 147 Å². The Hall–Kier alpha value is -8.10. The smallest absolute Gasteiger partial charge is 0.235 e. The summed E-state index contributed by atoms with van der Waals surface area (Å²) in [5.74, 6) is -3.55. The number of aryl methyl sites for hydroxylation is 1. The molecule has 2 atom stereocenters. The van der Waals surface area contributed by atoms with E-state index in [1.54, 1.807) is 69.0 Å². The quantitative estimate of drug-likeness (QED) is 0.102. The minimum atomic E-state index is -3.97. The molecular formula is C51H40F4N10O4S2. The Morgan fingerprint density at radius 2 is 1.10 bits per heavy atom. The van der Waals surface area contributed by atoms with Crippen LogP contribution in [-0.2, 0) is 33.6 Å². The van der Waals surface area contributed by atoms with Crippen LogP contribution in [0.4, 0.5) is 28.9 Å². The highest BCUT2D eigenvalue weighted by Gasteiger charge is 2.47. The molecule has 358 valence electrons. The molecule has 6 heterocycles. The van der Waals surface area contributed by atoms with Gasteiger partial charge in [-0.25, -0.2) is 44.4 Å². The van der Waals surface area contributed by atoms with Gasteiger partial charge in [0, 0.05) is 95.3 Å². The van der Waals surface area contributed by atoms with Gasteiger partial charge < -0.3 is 0 Å². The molecule has 14 nitrogen and oxygen atoms in total. The van der Waals surface area contributed by atoms with Crippen LogP contribution in [0.25, 0.3) is 78.3 Å². The van der Waals surface area contributed by atoms with Crippen molar-refractivity contribution in [1.82, 2.24) is 38.3 Å². The van der Waals surface area contributed by atoms with Crippen LogP contribution in [0.1, 0.15) is 13.3 Å². The van der Waals surface area contributed by atoms with Gasteiger partial charge >= 0.3 is 0 Å². The number of nitrogens with one attached hydrogen (secondary N) is 2. The standard InChI is InChI=1S/C51H40F4N10O4S2/c1-3-70(66,67)60-41-14-32(43-6-4-39(52)21-45(43)54)12-34(16-41)47-25-57-51-20-31(9-11-65(47)51)38-24-59-63(29-38)28-36-18-49(36)71(68,69)61-42-15-33(44-7-5-40(53)22-46(44)55)13-35(17-42)48-26-56-50-19-30(8-10-64(48)50)37-23-58-62(2)27-37/h4-17,19-27,29,36,49,60-61H,3,18,28H2,1-2H3. The second-order valence-electron chi connectivity index (χ2n) is 17.5. The number of nitrogens with zero attached hydrogens (tertiary/aromatic N) is 8. The molecule has 11 rings (SSSR count). The Kier molecular flexibility index (Phi) is 11.1. The Morgan fingerprint density at radius 1 is 0.577 bits per heavy atom. The molecule has 4 aromatic carbocycles. The average Bonchev–Trinajstić information content (AvgIpc) is 3.76. The van der Waals surface area contributed by atoms with Crippen molar-refractivity contribution in [3.05, 3.63) is 170 Å². The first-order chi connectivity index (χ1) is 34.1. The van der Waals surface area contributed by atoms with Gasteiger partial charge in [0.15, 0.2) is 0 Å². The topological polar surface area (TPSA) is 163 Å². The van der Waals surface area contributed by atoms with Crippen LogP contribution in [0, 0.1) is 29.2 Å². The van der Waals surface area contributed by atoms with Crippen molar-refractivity contribution in [3.63, 3.8) is 0 Å². The number of fused-ring (bicyclic) bond motifs is 2. The van der Waals surface area contributed by atoms with Crippen LogP contribution in [0.3, 0.4) is 0 Å². The lowest BCUT2D eigenvalue weighted by Gasteiger charge is -2.14. The molecule has 0 amide bonds. The predicted octanol–water partition coefficient (Wildman–Crippen LogP) is 10.1. The molecule has 6 aromatic heterocycles. The van der Waals surface area contributed by atoms with E-state index < -0.39 is 48.6 Å². The van der Waals surface area contributed by atoms with Crippen molar-refractivity contribution in [3.8, 4) is 67.0 Å². The van der Waals surface area contributed by atoms with E-state index in [0.717, 1.165) is 46.5 Å². The first-order valence-corrected chi connectivity index (χ1v) is 25.5. The number of imidazole rings is 2. The SMILES string of the molecule is CCS(=O)(=O)Nc1cc(-c2ccc(F)cc2F)cc(-c2cnc3cc(-c4cnn(CC5CC5S(=O)(=O)Nc5cc(-c6ccc(F)cc6F)cc(-c6cnc7cc(-c8cnn(C)c8)ccn67)c5)c4)ccn23)c1.